The van der Waals surface area contributed by atoms with Crippen LogP contribution in [0.3, 0.4) is 0 Å². The monoisotopic (exact) mass is 2070 g/mol. The van der Waals surface area contributed by atoms with Gasteiger partial charge in [0.05, 0.1) is 36.3 Å². The predicted molar refractivity (Wildman–Crippen MR) is 562 cm³/mol. The third-order valence-corrected chi connectivity index (χ3v) is 24.1. The third kappa shape index (κ3) is 49.3. The largest absolute Gasteiger partial charge is 0.370 e. The quantitative estimate of drug-likeness (QED) is 0.00977. The number of aromatic nitrogens is 5. The molecule has 51 N–H and O–H groups in total. The molecule has 0 aliphatic rings. The van der Waals surface area contributed by atoms with Crippen molar-refractivity contribution in [2.24, 2.45) is 74.5 Å². The van der Waals surface area contributed by atoms with Crippen LogP contribution >= 0.6 is 0 Å². The molecule has 5 aromatic rings. The first-order chi connectivity index (χ1) is 70.7. The number of rotatable bonds is 76. The standard InChI is InChI=1S/C93H160N42O13/c94-60(22-15-47-119-88(101)102)77(138)114-42-10-4-29-67(126-80(141)63(97)25-18-50-122-91(107)108)83(144)117-45-13-7-32-70(85(146)125-66(74(100)136)28-3-9-41-113-76(137)56-37-35-55(36-38-56)54-135-72-34-2-1-21-58(72)59-53-57(39-40-73(59)135)75-131-133-134-132-75)129-87(148)71(130-86(147)69(128-82(143)65(99)27-20-52-124-93(111)112)31-6-12-44-116-79(140)62(96)24-17-49-121-90(105)106)33-8-14-46-118-84(145)68(127-81(142)64(98)26-19-51-123-92(109)110)30-5-11-43-115-78(139)61(95)23-16-48-120-89(103)104/h1-2,21,34-40,53,60-71H,3-20,22-33,41-52,54,94-99H2,(H2,100,136)(H,113,137)(H,114,138)(H,115,139)(H,116,140)(H,117,144)(H,118,145)(H,125,146)(H,126,141)(H,127,142)(H,128,143)(H,129,148)(H,130,147)(H4,101,102,119)(H4,103,104,120)(H4,105,106,121)(H4,107,108,122)(H4,109,110,123)(H4,111,112,124)(H,131,132,133,134). The van der Waals surface area contributed by atoms with Crippen molar-refractivity contribution in [3.63, 3.8) is 0 Å². The summed E-state index contributed by atoms with van der Waals surface area (Å²) in [7, 11) is 0. The van der Waals surface area contributed by atoms with Gasteiger partial charge in [0.25, 0.3) is 5.91 Å². The molecule has 3 aromatic carbocycles. The average Bonchev–Trinajstić information content (AvgIpc) is 1.60. The number of carbonyl (C=O) groups is 13. The van der Waals surface area contributed by atoms with Crippen molar-refractivity contribution in [3.8, 4) is 11.4 Å². The van der Waals surface area contributed by atoms with E-state index in [1.807, 2.05) is 54.6 Å². The van der Waals surface area contributed by atoms with E-state index < -0.39 is 143 Å². The minimum absolute atomic E-state index is 0.0277. The molecule has 0 saturated carbocycles. The Morgan fingerprint density at radius 2 is 0.561 bits per heavy atom. The molecule has 820 valence electrons. The molecule has 55 nitrogen and oxygen atoms in total. The molecule has 55 heteroatoms. The number of para-hydroxylation sites is 1. The van der Waals surface area contributed by atoms with Crippen molar-refractivity contribution >= 4 is 134 Å². The number of unbranched alkanes of at least 4 members (excludes halogenated alkanes) is 6. The maximum atomic E-state index is 15.5. The van der Waals surface area contributed by atoms with Crippen LogP contribution < -0.4 is 170 Å². The van der Waals surface area contributed by atoms with Gasteiger partial charge in [-0.3, -0.25) is 94.8 Å². The van der Waals surface area contributed by atoms with Gasteiger partial charge in [-0.1, -0.05) is 30.3 Å². The lowest BCUT2D eigenvalue weighted by atomic mass is 10.0. The molecule has 148 heavy (non-hydrogen) atoms. The number of aromatic amines is 1. The second-order valence-electron chi connectivity index (χ2n) is 36.3. The molecule has 0 spiro atoms. The third-order valence-electron chi connectivity index (χ3n) is 24.1. The van der Waals surface area contributed by atoms with E-state index in [2.05, 4.69) is 121 Å². The van der Waals surface area contributed by atoms with Crippen molar-refractivity contribution in [2.45, 2.75) is 272 Å². The number of amides is 13. The number of nitrogens with zero attached hydrogens (tertiary/aromatic N) is 4. The lowest BCUT2D eigenvalue weighted by Gasteiger charge is -2.27. The highest BCUT2D eigenvalue weighted by atomic mass is 16.2. The number of guanidine groups is 6. The van der Waals surface area contributed by atoms with Gasteiger partial charge in [0.2, 0.25) is 76.7 Å². The topological polar surface area (TPSA) is 979 Å². The number of benzene rings is 3. The molecule has 0 aliphatic carbocycles. The fourth-order valence-electron chi connectivity index (χ4n) is 15.8. The molecule has 12 unspecified atom stereocenters. The van der Waals surface area contributed by atoms with Gasteiger partial charge in [-0.2, -0.15) is 5.21 Å². The van der Waals surface area contributed by atoms with Crippen LogP contribution in [0.25, 0.3) is 33.2 Å². The van der Waals surface area contributed by atoms with E-state index in [1.165, 1.54) is 0 Å². The molecular weight excluding hydrogens is 1910 g/mol. The Kier molecular flexibility index (Phi) is 57.7. The van der Waals surface area contributed by atoms with Crippen molar-refractivity contribution in [3.05, 3.63) is 77.9 Å². The fourth-order valence-corrected chi connectivity index (χ4v) is 15.8. The normalized spacial score (nSPS) is 13.5. The van der Waals surface area contributed by atoms with Crippen LogP contribution in [0, 0.1) is 32.5 Å². The van der Waals surface area contributed by atoms with E-state index >= 15 is 14.4 Å². The molecule has 13 amide bonds. The molecular formula is C93H160N42O13. The molecule has 0 radical (unpaired) electrons. The van der Waals surface area contributed by atoms with E-state index in [-0.39, 0.29) is 223 Å². The first-order valence-corrected chi connectivity index (χ1v) is 50.4. The summed E-state index contributed by atoms with van der Waals surface area (Å²) in [6.45, 7) is 2.38. The van der Waals surface area contributed by atoms with Crippen LogP contribution in [0.1, 0.15) is 209 Å². The van der Waals surface area contributed by atoms with E-state index in [9.17, 15) is 47.9 Å². The number of primary amides is 1. The van der Waals surface area contributed by atoms with Gasteiger partial charge in [0.15, 0.2) is 35.8 Å². The zero-order valence-electron chi connectivity index (χ0n) is 84.3. The van der Waals surface area contributed by atoms with Gasteiger partial charge in [-0.05, 0) is 240 Å². The highest BCUT2D eigenvalue weighted by molar-refractivity contribution is 6.09. The summed E-state index contributed by atoms with van der Waals surface area (Å²) < 4.78 is 2.18. The van der Waals surface area contributed by atoms with E-state index in [0.717, 1.165) is 32.9 Å². The number of tetrazole rings is 1. The summed E-state index contributed by atoms with van der Waals surface area (Å²) in [6, 6.07) is 6.74. The fraction of sp³-hybridized carbons (Fsp3) is 0.591. The van der Waals surface area contributed by atoms with Gasteiger partial charge < -0.3 is 175 Å². The zero-order valence-corrected chi connectivity index (χ0v) is 84.3. The van der Waals surface area contributed by atoms with Crippen LogP contribution in [0.2, 0.25) is 0 Å². The highest BCUT2D eigenvalue weighted by Crippen LogP contribution is 2.33. The van der Waals surface area contributed by atoms with Crippen LogP contribution in [-0.2, 0) is 64.1 Å². The SMILES string of the molecule is N=C(N)NCCCC(N)C(=O)NCCCCC(NC(=O)C(N)CCCNC(=N)N)C(=O)NCCCCC(NC(=O)C(CCCCNC(=O)C(CCCCNC(=O)C(N)CCCNC(=N)N)NC(=O)C(N)CCCNC(=N)N)NC(=O)C(CCCCNC(=O)C(N)CCCNC(=N)N)NC(=O)C(N)CCCNC(=N)N)C(=O)NC(CCCCNC(=O)c1ccc(Cn2c3ccccc3c3cc(-c4nn[nH]n4)ccc32)cc1)C(N)=O. The van der Waals surface area contributed by atoms with Crippen molar-refractivity contribution < 1.29 is 62.3 Å². The van der Waals surface area contributed by atoms with E-state index in [4.69, 9.17) is 107 Å². The zero-order chi connectivity index (χ0) is 109. The molecule has 2 heterocycles. The van der Waals surface area contributed by atoms with Crippen LogP contribution in [0.4, 0.5) is 0 Å². The molecule has 0 saturated heterocycles. The van der Waals surface area contributed by atoms with Gasteiger partial charge in [0.1, 0.15) is 36.3 Å². The number of nitrogens with one attached hydrogen (secondary N) is 25. The van der Waals surface area contributed by atoms with Crippen molar-refractivity contribution in [2.75, 3.05) is 78.5 Å². The number of H-pyrrole nitrogens is 1. The Hall–Kier alpha value is -15.0. The number of fused-ring (bicyclic) bond motifs is 3. The number of carbonyl (C=O) groups excluding carboxylic acids is 13. The van der Waals surface area contributed by atoms with Crippen molar-refractivity contribution in [1.29, 1.82) is 32.5 Å². The highest BCUT2D eigenvalue weighted by Gasteiger charge is 2.34. The molecule has 5 rings (SSSR count). The summed E-state index contributed by atoms with van der Waals surface area (Å²) in [5, 5.41) is 110. The minimum atomic E-state index is -1.59. The lowest BCUT2D eigenvalue weighted by molar-refractivity contribution is -0.134. The average molecular weight is 2070 g/mol. The summed E-state index contributed by atoms with van der Waals surface area (Å²) in [5.74, 6) is -9.99. The Morgan fingerprint density at radius 3 is 0.878 bits per heavy atom. The summed E-state index contributed by atoms with van der Waals surface area (Å²) >= 11 is 0. The second-order valence-corrected chi connectivity index (χ2v) is 36.3. The van der Waals surface area contributed by atoms with Crippen molar-refractivity contribution in [1.82, 2.24) is 121 Å². The minimum Gasteiger partial charge on any atom is -0.370 e. The Morgan fingerprint density at radius 1 is 0.284 bits per heavy atom. The summed E-state index contributed by atoms with van der Waals surface area (Å²) in [4.78, 5) is 182. The van der Waals surface area contributed by atoms with Gasteiger partial charge in [-0.15, -0.1) is 10.2 Å². The summed E-state index contributed by atoms with van der Waals surface area (Å²) in [5.41, 5.74) is 80.0. The Labute approximate surface area is 860 Å². The molecule has 0 aliphatic heterocycles. The van der Waals surface area contributed by atoms with E-state index in [1.54, 1.807) is 12.1 Å². The maximum Gasteiger partial charge on any atom is 0.251 e. The van der Waals surface area contributed by atoms with Gasteiger partial charge >= 0.3 is 0 Å². The van der Waals surface area contributed by atoms with Gasteiger partial charge in [0, 0.05) is 118 Å². The van der Waals surface area contributed by atoms with Crippen LogP contribution in [-0.4, -0.2) is 289 Å². The van der Waals surface area contributed by atoms with Gasteiger partial charge in [-0.25, -0.2) is 0 Å². The molecule has 0 fully saturated rings. The Bertz CT molecular complexity index is 5090. The Balaban J connectivity index is 1.46. The smallest absolute Gasteiger partial charge is 0.251 e. The molecule has 2 aromatic heterocycles. The first-order valence-electron chi connectivity index (χ1n) is 50.4. The summed E-state index contributed by atoms with van der Waals surface area (Å²) in [6.07, 6.45) is 5.31. The first kappa shape index (κ1) is 123. The maximum absolute atomic E-state index is 15.5. The lowest BCUT2D eigenvalue weighted by Crippen LogP contribution is -2.58. The number of hydrogen-bond donors (Lipinski definition) is 38. The van der Waals surface area contributed by atoms with E-state index in [0.29, 0.717) is 108 Å². The van der Waals surface area contributed by atoms with Crippen LogP contribution in [0.15, 0.2) is 66.7 Å². The molecule has 12 atom stereocenters. The number of nitrogens with two attached hydrogens (primary N) is 13. The molecule has 0 bridgehead atoms. The predicted octanol–water partition coefficient (Wildman–Crippen LogP) is -6.71. The second kappa shape index (κ2) is 69.2. The number of hydrogen-bond acceptors (Lipinski definition) is 28. The van der Waals surface area contributed by atoms with Crippen LogP contribution in [0.5, 0.6) is 0 Å².